The number of rotatable bonds is 7. The van der Waals surface area contributed by atoms with Gasteiger partial charge in [0.1, 0.15) is 23.7 Å². The first-order valence-corrected chi connectivity index (χ1v) is 12.5. The third-order valence-electron chi connectivity index (χ3n) is 7.21. The number of ether oxygens (including phenoxy) is 2. The number of likely N-dealkylation sites (tertiary alicyclic amines) is 1. The number of aryl methyl sites for hydroxylation is 1. The summed E-state index contributed by atoms with van der Waals surface area (Å²) in [6, 6.07) is 2.92. The van der Waals surface area contributed by atoms with Crippen LogP contribution in [0, 0.1) is 5.92 Å². The van der Waals surface area contributed by atoms with E-state index >= 15 is 0 Å². The van der Waals surface area contributed by atoms with E-state index in [1.54, 1.807) is 17.0 Å². The van der Waals surface area contributed by atoms with Crippen molar-refractivity contribution in [3.8, 4) is 5.75 Å². The van der Waals surface area contributed by atoms with E-state index in [4.69, 9.17) is 21.1 Å². The molecule has 0 N–H and O–H groups in total. The van der Waals surface area contributed by atoms with Crippen molar-refractivity contribution in [2.45, 2.75) is 44.8 Å². The second kappa shape index (κ2) is 10.3. The maximum Gasteiger partial charge on any atom is 0.282 e. The fourth-order valence-corrected chi connectivity index (χ4v) is 5.61. The zero-order chi connectivity index (χ0) is 25.4. The Morgan fingerprint density at radius 3 is 2.83 bits per heavy atom. The highest BCUT2D eigenvalue weighted by atomic mass is 35.5. The van der Waals surface area contributed by atoms with Crippen LogP contribution in [0.5, 0.6) is 5.75 Å². The van der Waals surface area contributed by atoms with E-state index in [2.05, 4.69) is 10.3 Å². The molecule has 0 spiro atoms. The standard InChI is InChI=1S/C24H28ClF2N5O4/c1-30-22(23(26)27)17(28-29-30)13-36-19-5-4-16(25)15-6-9-32(24(34)14-7-10-35-12-14)18(21(15)19)11-31-8-2-3-20(31)33/h4-5,14,18,23H,2-3,6-13H2,1H3/t14?,18-/m1/s1. The third kappa shape index (κ3) is 4.66. The van der Waals surface area contributed by atoms with Crippen LogP contribution in [-0.4, -0.2) is 69.5 Å². The molecule has 0 bridgehead atoms. The van der Waals surface area contributed by atoms with Gasteiger partial charge in [-0.2, -0.15) is 0 Å². The molecule has 2 saturated heterocycles. The molecular formula is C24H28ClF2N5O4. The SMILES string of the molecule is Cn1nnc(COc2ccc(Cl)c3c2[C@@H](CN2CCCC2=O)N(C(=O)C2CCOC2)CC3)c1C(F)F. The molecule has 3 aliphatic rings. The lowest BCUT2D eigenvalue weighted by atomic mass is 9.89. The number of fused-ring (bicyclic) bond motifs is 1. The first-order chi connectivity index (χ1) is 17.3. The van der Waals surface area contributed by atoms with Crippen LogP contribution in [0.2, 0.25) is 5.02 Å². The van der Waals surface area contributed by atoms with Crippen molar-refractivity contribution in [1.82, 2.24) is 24.8 Å². The zero-order valence-corrected chi connectivity index (χ0v) is 20.7. The number of amides is 2. The highest BCUT2D eigenvalue weighted by Gasteiger charge is 2.40. The fourth-order valence-electron chi connectivity index (χ4n) is 5.35. The van der Waals surface area contributed by atoms with Crippen molar-refractivity contribution < 1.29 is 27.8 Å². The predicted octanol–water partition coefficient (Wildman–Crippen LogP) is 3.07. The van der Waals surface area contributed by atoms with Gasteiger partial charge in [0.25, 0.3) is 6.43 Å². The lowest BCUT2D eigenvalue weighted by Gasteiger charge is -2.41. The lowest BCUT2D eigenvalue weighted by Crippen LogP contribution is -2.48. The van der Waals surface area contributed by atoms with Gasteiger partial charge >= 0.3 is 0 Å². The normalized spacial score (nSPS) is 22.0. The van der Waals surface area contributed by atoms with Gasteiger partial charge in [-0.05, 0) is 37.0 Å². The molecule has 0 saturated carbocycles. The molecule has 4 heterocycles. The molecule has 1 aromatic carbocycles. The van der Waals surface area contributed by atoms with E-state index in [0.29, 0.717) is 68.4 Å². The number of hydrogen-bond acceptors (Lipinski definition) is 6. The topological polar surface area (TPSA) is 89.8 Å². The molecule has 0 aliphatic carbocycles. The summed E-state index contributed by atoms with van der Waals surface area (Å²) in [5.41, 5.74) is 1.28. The number of carbonyl (C=O) groups is 2. The molecule has 2 amide bonds. The van der Waals surface area contributed by atoms with Crippen molar-refractivity contribution in [2.75, 3.05) is 32.8 Å². The summed E-state index contributed by atoms with van der Waals surface area (Å²) >= 11 is 6.58. The summed E-state index contributed by atoms with van der Waals surface area (Å²) in [5.74, 6) is 0.219. The molecule has 12 heteroatoms. The van der Waals surface area contributed by atoms with Gasteiger partial charge in [0.15, 0.2) is 0 Å². The maximum atomic E-state index is 13.5. The average molecular weight is 524 g/mol. The van der Waals surface area contributed by atoms with Crippen LogP contribution in [0.25, 0.3) is 0 Å². The second-order valence-electron chi connectivity index (χ2n) is 9.37. The van der Waals surface area contributed by atoms with E-state index in [1.807, 2.05) is 4.90 Å². The molecule has 3 aliphatic heterocycles. The molecular weight excluding hydrogens is 496 g/mol. The summed E-state index contributed by atoms with van der Waals surface area (Å²) in [7, 11) is 1.40. The van der Waals surface area contributed by atoms with Gasteiger partial charge in [0.2, 0.25) is 11.8 Å². The van der Waals surface area contributed by atoms with E-state index in [1.165, 1.54) is 7.05 Å². The van der Waals surface area contributed by atoms with Crippen LogP contribution in [-0.2, 0) is 34.4 Å². The molecule has 36 heavy (non-hydrogen) atoms. The smallest absolute Gasteiger partial charge is 0.282 e. The minimum atomic E-state index is -2.75. The Labute approximate surface area is 212 Å². The van der Waals surface area contributed by atoms with Gasteiger partial charge in [-0.25, -0.2) is 13.5 Å². The predicted molar refractivity (Wildman–Crippen MR) is 125 cm³/mol. The lowest BCUT2D eigenvalue weighted by molar-refractivity contribution is -0.140. The Bertz CT molecular complexity index is 1150. The molecule has 2 aromatic rings. The maximum absolute atomic E-state index is 13.5. The molecule has 1 unspecified atom stereocenters. The van der Waals surface area contributed by atoms with Crippen LogP contribution >= 0.6 is 11.6 Å². The summed E-state index contributed by atoms with van der Waals surface area (Å²) in [6.07, 6.45) is -0.336. The van der Waals surface area contributed by atoms with Crippen molar-refractivity contribution in [3.05, 3.63) is 39.7 Å². The van der Waals surface area contributed by atoms with Gasteiger partial charge in [0, 0.05) is 50.3 Å². The third-order valence-corrected chi connectivity index (χ3v) is 7.57. The largest absolute Gasteiger partial charge is 0.487 e. The Hall–Kier alpha value is -2.79. The number of nitrogens with zero attached hydrogens (tertiary/aromatic N) is 5. The quantitative estimate of drug-likeness (QED) is 0.554. The highest BCUT2D eigenvalue weighted by molar-refractivity contribution is 6.31. The van der Waals surface area contributed by atoms with Gasteiger partial charge in [-0.1, -0.05) is 16.8 Å². The van der Waals surface area contributed by atoms with Gasteiger partial charge in [0.05, 0.1) is 18.6 Å². The second-order valence-corrected chi connectivity index (χ2v) is 9.78. The number of benzene rings is 1. The molecule has 5 rings (SSSR count). The molecule has 9 nitrogen and oxygen atoms in total. The van der Waals surface area contributed by atoms with Gasteiger partial charge in [-0.3, -0.25) is 9.59 Å². The van der Waals surface area contributed by atoms with E-state index in [0.717, 1.165) is 16.7 Å². The summed E-state index contributed by atoms with van der Waals surface area (Å²) < 4.78 is 39.6. The van der Waals surface area contributed by atoms with Gasteiger partial charge < -0.3 is 19.3 Å². The Morgan fingerprint density at radius 2 is 2.14 bits per heavy atom. The molecule has 0 radical (unpaired) electrons. The van der Waals surface area contributed by atoms with E-state index in [-0.39, 0.29) is 35.7 Å². The number of aromatic nitrogens is 3. The van der Waals surface area contributed by atoms with Crippen LogP contribution in [0.1, 0.15) is 54.2 Å². The summed E-state index contributed by atoms with van der Waals surface area (Å²) in [4.78, 5) is 29.6. The Morgan fingerprint density at radius 1 is 1.31 bits per heavy atom. The Balaban J connectivity index is 1.50. The van der Waals surface area contributed by atoms with Gasteiger partial charge in [-0.15, -0.1) is 5.10 Å². The summed E-state index contributed by atoms with van der Waals surface area (Å²) in [5, 5.41) is 8.08. The van der Waals surface area contributed by atoms with Crippen molar-refractivity contribution >= 4 is 23.4 Å². The minimum Gasteiger partial charge on any atom is -0.487 e. The first kappa shape index (κ1) is 24.9. The van der Waals surface area contributed by atoms with E-state index < -0.39 is 12.5 Å². The van der Waals surface area contributed by atoms with E-state index in [9.17, 15) is 18.4 Å². The minimum absolute atomic E-state index is 0.0189. The first-order valence-electron chi connectivity index (χ1n) is 12.1. The average Bonchev–Trinajstić information content (AvgIpc) is 3.61. The highest BCUT2D eigenvalue weighted by Crippen LogP contribution is 2.42. The van der Waals surface area contributed by atoms with Crippen molar-refractivity contribution in [3.63, 3.8) is 0 Å². The molecule has 2 fully saturated rings. The van der Waals surface area contributed by atoms with Crippen LogP contribution < -0.4 is 4.74 Å². The summed E-state index contributed by atoms with van der Waals surface area (Å²) in [6.45, 7) is 2.09. The number of hydrogen-bond donors (Lipinski definition) is 0. The fraction of sp³-hybridized carbons (Fsp3) is 0.583. The van der Waals surface area contributed by atoms with Crippen LogP contribution in [0.4, 0.5) is 8.78 Å². The van der Waals surface area contributed by atoms with Crippen LogP contribution in [0.15, 0.2) is 12.1 Å². The molecule has 2 atom stereocenters. The van der Waals surface area contributed by atoms with Crippen molar-refractivity contribution in [2.24, 2.45) is 13.0 Å². The van der Waals surface area contributed by atoms with Crippen molar-refractivity contribution in [1.29, 1.82) is 0 Å². The zero-order valence-electron chi connectivity index (χ0n) is 20.0. The number of carbonyl (C=O) groups excluding carboxylic acids is 2. The molecule has 1 aromatic heterocycles. The van der Waals surface area contributed by atoms with Crippen LogP contribution in [0.3, 0.4) is 0 Å². The Kier molecular flexibility index (Phi) is 7.11. The molecule has 194 valence electrons. The number of halogens is 3. The number of alkyl halides is 2. The monoisotopic (exact) mass is 523 g/mol.